The highest BCUT2D eigenvalue weighted by molar-refractivity contribution is 7.20. The van der Waals surface area contributed by atoms with Crippen molar-refractivity contribution in [3.8, 4) is 11.3 Å². The summed E-state index contributed by atoms with van der Waals surface area (Å²) in [5, 5.41) is 8.34. The quantitative estimate of drug-likeness (QED) is 0.549. The van der Waals surface area contributed by atoms with Crippen molar-refractivity contribution in [3.63, 3.8) is 0 Å². The third-order valence-corrected chi connectivity index (χ3v) is 7.19. The zero-order chi connectivity index (χ0) is 21.1. The van der Waals surface area contributed by atoms with Gasteiger partial charge in [-0.1, -0.05) is 25.5 Å². The number of thiophene rings is 1. The standard InChI is InChI=1S/C23H29FN4OS/c1-3-16-9-6-7-13-28(16)14-8-12-25-22(29)20-15-18-21(26-27(2)23(18)30-20)17-10-4-5-11-19(17)24/h4-5,10-11,15-16H,3,6-9,12-14H2,1-2H3,(H,25,29). The van der Waals surface area contributed by atoms with Crippen LogP contribution in [0.15, 0.2) is 30.3 Å². The zero-order valence-electron chi connectivity index (χ0n) is 17.7. The van der Waals surface area contributed by atoms with Gasteiger partial charge in [0.15, 0.2) is 0 Å². The first-order chi connectivity index (χ1) is 14.6. The van der Waals surface area contributed by atoms with Crippen molar-refractivity contribution in [2.24, 2.45) is 7.05 Å². The molecule has 1 aliphatic rings. The van der Waals surface area contributed by atoms with Gasteiger partial charge in [0.1, 0.15) is 16.3 Å². The predicted octanol–water partition coefficient (Wildman–Crippen LogP) is 4.83. The summed E-state index contributed by atoms with van der Waals surface area (Å²) in [6, 6.07) is 9.14. The first kappa shape index (κ1) is 21.0. The second kappa shape index (κ2) is 9.27. The number of rotatable bonds is 7. The Bertz CT molecular complexity index is 1030. The van der Waals surface area contributed by atoms with Crippen molar-refractivity contribution < 1.29 is 9.18 Å². The fourth-order valence-electron chi connectivity index (χ4n) is 4.39. The van der Waals surface area contributed by atoms with E-state index in [2.05, 4.69) is 22.2 Å². The Morgan fingerprint density at radius 3 is 2.97 bits per heavy atom. The molecule has 1 fully saturated rings. The summed E-state index contributed by atoms with van der Waals surface area (Å²) in [4.78, 5) is 16.8. The first-order valence-electron chi connectivity index (χ1n) is 10.8. The van der Waals surface area contributed by atoms with Crippen molar-refractivity contribution >= 4 is 27.5 Å². The van der Waals surface area contributed by atoms with Crippen LogP contribution in [0, 0.1) is 5.82 Å². The van der Waals surface area contributed by atoms with Crippen molar-refractivity contribution in [2.75, 3.05) is 19.6 Å². The molecule has 1 unspecified atom stereocenters. The maximum absolute atomic E-state index is 14.3. The number of aryl methyl sites for hydroxylation is 1. The molecule has 0 radical (unpaired) electrons. The minimum Gasteiger partial charge on any atom is -0.351 e. The van der Waals surface area contributed by atoms with Gasteiger partial charge in [-0.15, -0.1) is 11.3 Å². The van der Waals surface area contributed by atoms with Gasteiger partial charge in [-0.25, -0.2) is 4.39 Å². The van der Waals surface area contributed by atoms with Gasteiger partial charge in [0.2, 0.25) is 0 Å². The van der Waals surface area contributed by atoms with Gasteiger partial charge in [-0.05, 0) is 50.4 Å². The average molecular weight is 429 g/mol. The topological polar surface area (TPSA) is 50.2 Å². The normalized spacial score (nSPS) is 17.5. The highest BCUT2D eigenvalue weighted by Crippen LogP contribution is 2.34. The lowest BCUT2D eigenvalue weighted by atomic mass is 10.00. The molecule has 1 aliphatic heterocycles. The lowest BCUT2D eigenvalue weighted by Crippen LogP contribution is -2.40. The number of halogens is 1. The molecule has 2 aromatic heterocycles. The van der Waals surface area contributed by atoms with E-state index >= 15 is 0 Å². The summed E-state index contributed by atoms with van der Waals surface area (Å²) in [6.45, 7) is 5.14. The molecule has 5 nitrogen and oxygen atoms in total. The SMILES string of the molecule is CCC1CCCCN1CCCNC(=O)c1cc2c(-c3ccccc3F)nn(C)c2s1. The molecule has 1 amide bonds. The first-order valence-corrected chi connectivity index (χ1v) is 11.6. The van der Waals surface area contributed by atoms with E-state index in [4.69, 9.17) is 0 Å². The number of nitrogens with zero attached hydrogens (tertiary/aromatic N) is 3. The molecule has 7 heteroatoms. The van der Waals surface area contributed by atoms with Gasteiger partial charge < -0.3 is 10.2 Å². The number of hydrogen-bond donors (Lipinski definition) is 1. The highest BCUT2D eigenvalue weighted by atomic mass is 32.1. The Hall–Kier alpha value is -2.25. The molecule has 4 rings (SSSR count). The number of fused-ring (bicyclic) bond motifs is 1. The van der Waals surface area contributed by atoms with Crippen LogP contribution in [0.4, 0.5) is 4.39 Å². The molecule has 0 aliphatic carbocycles. The molecule has 1 N–H and O–H groups in total. The predicted molar refractivity (Wildman–Crippen MR) is 120 cm³/mol. The molecular formula is C23H29FN4OS. The largest absolute Gasteiger partial charge is 0.351 e. The van der Waals surface area contributed by atoms with E-state index in [0.29, 0.717) is 28.7 Å². The van der Waals surface area contributed by atoms with Gasteiger partial charge in [0.25, 0.3) is 5.91 Å². The Morgan fingerprint density at radius 2 is 2.17 bits per heavy atom. The van der Waals surface area contributed by atoms with E-state index in [9.17, 15) is 9.18 Å². The van der Waals surface area contributed by atoms with Crippen LogP contribution in [0.3, 0.4) is 0 Å². The Balaban J connectivity index is 1.40. The minimum atomic E-state index is -0.308. The van der Waals surface area contributed by atoms with Crippen LogP contribution < -0.4 is 5.32 Å². The fourth-order valence-corrected chi connectivity index (χ4v) is 5.38. The zero-order valence-corrected chi connectivity index (χ0v) is 18.5. The van der Waals surface area contributed by atoms with Gasteiger partial charge >= 0.3 is 0 Å². The fraction of sp³-hybridized carbons (Fsp3) is 0.478. The molecule has 3 heterocycles. The third-order valence-electron chi connectivity index (χ3n) is 5.99. The molecule has 1 aromatic carbocycles. The molecule has 30 heavy (non-hydrogen) atoms. The van der Waals surface area contributed by atoms with Crippen LogP contribution in [0.1, 0.15) is 48.7 Å². The number of piperidine rings is 1. The summed E-state index contributed by atoms with van der Waals surface area (Å²) < 4.78 is 16.0. The van der Waals surface area contributed by atoms with Crippen LogP contribution in [-0.2, 0) is 7.05 Å². The number of hydrogen-bond acceptors (Lipinski definition) is 4. The number of aromatic nitrogens is 2. The molecule has 0 bridgehead atoms. The highest BCUT2D eigenvalue weighted by Gasteiger charge is 2.21. The summed E-state index contributed by atoms with van der Waals surface area (Å²) in [7, 11) is 1.83. The number of nitrogens with one attached hydrogen (secondary N) is 1. The second-order valence-corrected chi connectivity index (χ2v) is 9.02. The van der Waals surface area contributed by atoms with Crippen LogP contribution >= 0.6 is 11.3 Å². The van der Waals surface area contributed by atoms with E-state index in [-0.39, 0.29) is 11.7 Å². The molecule has 0 saturated carbocycles. The van der Waals surface area contributed by atoms with E-state index in [1.165, 1.54) is 49.6 Å². The van der Waals surface area contributed by atoms with Crippen LogP contribution in [0.5, 0.6) is 0 Å². The molecule has 0 spiro atoms. The van der Waals surface area contributed by atoms with E-state index in [1.54, 1.807) is 22.9 Å². The average Bonchev–Trinajstić information content (AvgIpc) is 3.32. The van der Waals surface area contributed by atoms with Gasteiger partial charge in [-0.2, -0.15) is 5.10 Å². The molecular weight excluding hydrogens is 399 g/mol. The lowest BCUT2D eigenvalue weighted by molar-refractivity contribution is 0.0951. The number of benzene rings is 1. The van der Waals surface area contributed by atoms with Crippen LogP contribution in [0.2, 0.25) is 0 Å². The van der Waals surface area contributed by atoms with Crippen molar-refractivity contribution in [3.05, 3.63) is 41.0 Å². The molecule has 1 atom stereocenters. The van der Waals surface area contributed by atoms with Gasteiger partial charge in [0, 0.05) is 37.1 Å². The molecule has 1 saturated heterocycles. The number of carbonyl (C=O) groups is 1. The van der Waals surface area contributed by atoms with Crippen molar-refractivity contribution in [2.45, 2.75) is 45.1 Å². The van der Waals surface area contributed by atoms with Crippen molar-refractivity contribution in [1.29, 1.82) is 0 Å². The van der Waals surface area contributed by atoms with Gasteiger partial charge in [0.05, 0.1) is 4.88 Å². The van der Waals surface area contributed by atoms with E-state index in [0.717, 1.165) is 23.2 Å². The Morgan fingerprint density at radius 1 is 1.33 bits per heavy atom. The molecule has 3 aromatic rings. The number of carbonyl (C=O) groups excluding carboxylic acids is 1. The second-order valence-electron chi connectivity index (χ2n) is 7.98. The van der Waals surface area contributed by atoms with E-state index < -0.39 is 0 Å². The lowest BCUT2D eigenvalue weighted by Gasteiger charge is -2.35. The minimum absolute atomic E-state index is 0.0682. The number of likely N-dealkylation sites (tertiary alicyclic amines) is 1. The smallest absolute Gasteiger partial charge is 0.261 e. The van der Waals surface area contributed by atoms with Gasteiger partial charge in [-0.3, -0.25) is 9.48 Å². The monoisotopic (exact) mass is 428 g/mol. The molecule has 160 valence electrons. The maximum atomic E-state index is 14.3. The Labute approximate surface area is 180 Å². The van der Waals surface area contributed by atoms with Crippen LogP contribution in [0.25, 0.3) is 21.5 Å². The summed E-state index contributed by atoms with van der Waals surface area (Å²) in [5.41, 5.74) is 1.04. The summed E-state index contributed by atoms with van der Waals surface area (Å²) >= 11 is 1.40. The van der Waals surface area contributed by atoms with Crippen molar-refractivity contribution in [1.82, 2.24) is 20.0 Å². The third kappa shape index (κ3) is 4.27. The summed E-state index contributed by atoms with van der Waals surface area (Å²) in [6.07, 6.45) is 6.06. The maximum Gasteiger partial charge on any atom is 0.261 e. The van der Waals surface area contributed by atoms with E-state index in [1.807, 2.05) is 13.1 Å². The summed E-state index contributed by atoms with van der Waals surface area (Å²) in [5.74, 6) is -0.376. The van der Waals surface area contributed by atoms with Crippen LogP contribution in [-0.4, -0.2) is 46.3 Å². The Kier molecular flexibility index (Phi) is 6.49. The number of amides is 1.